The lowest BCUT2D eigenvalue weighted by Crippen LogP contribution is -2.13. The number of thiocarbonyl (C=S) groups is 1. The molecule has 0 rings (SSSR count). The highest BCUT2D eigenvalue weighted by atomic mass is 32.1. The first kappa shape index (κ1) is 8.56. The van der Waals surface area contributed by atoms with Gasteiger partial charge in [0.15, 0.2) is 0 Å². The van der Waals surface area contributed by atoms with Crippen LogP contribution in [0.5, 0.6) is 0 Å². The van der Waals surface area contributed by atoms with Crippen LogP contribution in [0.4, 0.5) is 0 Å². The van der Waals surface area contributed by atoms with Crippen molar-refractivity contribution in [3.63, 3.8) is 0 Å². The van der Waals surface area contributed by atoms with E-state index in [4.69, 9.17) is 4.74 Å². The van der Waals surface area contributed by atoms with E-state index < -0.39 is 0 Å². The fourth-order valence-electron chi connectivity index (χ4n) is 0.305. The molecule has 0 spiro atoms. The quantitative estimate of drug-likeness (QED) is 0.441. The molecule has 51 valence electrons. The third-order valence-electron chi connectivity index (χ3n) is 0.763. The fraction of sp³-hybridized carbons (Fsp3) is 0.667. The Morgan fingerprint density at radius 2 is 2.44 bits per heavy atom. The van der Waals surface area contributed by atoms with Crippen molar-refractivity contribution in [3.05, 3.63) is 0 Å². The summed E-state index contributed by atoms with van der Waals surface area (Å²) in [6, 6.07) is 0. The van der Waals surface area contributed by atoms with E-state index in [-0.39, 0.29) is 12.1 Å². The molecular formula is C6H9O2S. The zero-order valence-electron chi connectivity index (χ0n) is 5.51. The molecule has 0 amide bonds. The van der Waals surface area contributed by atoms with Gasteiger partial charge in [-0.25, -0.2) is 0 Å². The number of rotatable bonds is 3. The van der Waals surface area contributed by atoms with Crippen LogP contribution in [-0.4, -0.2) is 17.4 Å². The maximum atomic E-state index is 10.5. The summed E-state index contributed by atoms with van der Waals surface area (Å²) in [7, 11) is 0. The van der Waals surface area contributed by atoms with E-state index >= 15 is 0 Å². The molecule has 0 aromatic rings. The molecule has 2 nitrogen and oxygen atoms in total. The van der Waals surface area contributed by atoms with Gasteiger partial charge in [0.1, 0.15) is 6.10 Å². The zero-order valence-corrected chi connectivity index (χ0v) is 6.33. The molecule has 0 aliphatic heterocycles. The van der Waals surface area contributed by atoms with Gasteiger partial charge in [-0.1, -0.05) is 19.1 Å². The van der Waals surface area contributed by atoms with Gasteiger partial charge in [-0.15, -0.1) is 0 Å². The predicted octanol–water partition coefficient (Wildman–Crippen LogP) is 1.20. The SMILES string of the molecule is CCC(=O)OC(C)[C]=S. The van der Waals surface area contributed by atoms with E-state index in [1.807, 2.05) is 0 Å². The molecule has 0 aliphatic carbocycles. The maximum Gasteiger partial charge on any atom is 0.306 e. The highest BCUT2D eigenvalue weighted by Gasteiger charge is 2.02. The molecule has 9 heavy (non-hydrogen) atoms. The van der Waals surface area contributed by atoms with Gasteiger partial charge in [0.05, 0.1) is 5.37 Å². The summed E-state index contributed by atoms with van der Waals surface area (Å²) in [4.78, 5) is 10.5. The largest absolute Gasteiger partial charge is 0.457 e. The minimum atomic E-state index is -0.354. The third-order valence-corrected chi connectivity index (χ3v) is 1.09. The smallest absolute Gasteiger partial charge is 0.306 e. The Morgan fingerprint density at radius 1 is 1.89 bits per heavy atom. The molecule has 0 bridgehead atoms. The number of hydrogen-bond donors (Lipinski definition) is 0. The predicted molar refractivity (Wildman–Crippen MR) is 38.4 cm³/mol. The average molecular weight is 145 g/mol. The van der Waals surface area contributed by atoms with Crippen LogP contribution in [-0.2, 0) is 9.53 Å². The average Bonchev–Trinajstić information content (AvgIpc) is 1.87. The van der Waals surface area contributed by atoms with Crippen molar-refractivity contribution in [1.82, 2.24) is 0 Å². The number of carbonyl (C=O) groups excluding carboxylic acids is 1. The van der Waals surface area contributed by atoms with Crippen LogP contribution in [0.2, 0.25) is 0 Å². The fourth-order valence-corrected chi connectivity index (χ4v) is 0.353. The highest BCUT2D eigenvalue weighted by molar-refractivity contribution is 7.79. The molecule has 0 saturated heterocycles. The van der Waals surface area contributed by atoms with Crippen molar-refractivity contribution in [1.29, 1.82) is 0 Å². The molecule has 0 aromatic carbocycles. The van der Waals surface area contributed by atoms with Crippen LogP contribution < -0.4 is 0 Å². The van der Waals surface area contributed by atoms with E-state index in [0.717, 1.165) is 0 Å². The first-order valence-electron chi connectivity index (χ1n) is 2.77. The number of carbonyl (C=O) groups is 1. The highest BCUT2D eigenvalue weighted by Crippen LogP contribution is 1.90. The Kier molecular flexibility index (Phi) is 4.22. The number of hydrogen-bond acceptors (Lipinski definition) is 3. The third kappa shape index (κ3) is 4.09. The molecule has 0 aromatic heterocycles. The first-order chi connectivity index (χ1) is 4.20. The van der Waals surface area contributed by atoms with Crippen LogP contribution in [0.15, 0.2) is 0 Å². The summed E-state index contributed by atoms with van der Waals surface area (Å²) in [5, 5.41) is 2.37. The first-order valence-corrected chi connectivity index (χ1v) is 3.18. The lowest BCUT2D eigenvalue weighted by atomic mass is 10.4. The van der Waals surface area contributed by atoms with E-state index in [9.17, 15) is 4.79 Å². The van der Waals surface area contributed by atoms with Gasteiger partial charge in [-0.2, -0.15) is 0 Å². The second kappa shape index (κ2) is 4.44. The monoisotopic (exact) mass is 145 g/mol. The molecule has 0 fully saturated rings. The molecule has 0 heterocycles. The molecule has 0 saturated carbocycles. The van der Waals surface area contributed by atoms with Crippen LogP contribution in [0.3, 0.4) is 0 Å². The summed E-state index contributed by atoms with van der Waals surface area (Å²) in [6.45, 7) is 3.42. The van der Waals surface area contributed by atoms with Gasteiger partial charge in [-0.3, -0.25) is 4.79 Å². The van der Waals surface area contributed by atoms with Crippen molar-refractivity contribution >= 4 is 23.6 Å². The summed E-state index contributed by atoms with van der Waals surface area (Å²) < 4.78 is 4.69. The minimum Gasteiger partial charge on any atom is -0.457 e. The van der Waals surface area contributed by atoms with E-state index in [1.54, 1.807) is 13.8 Å². The summed E-state index contributed by atoms with van der Waals surface area (Å²) in [5.74, 6) is -0.236. The van der Waals surface area contributed by atoms with Crippen molar-refractivity contribution in [2.45, 2.75) is 26.4 Å². The molecule has 3 heteroatoms. The Hall–Kier alpha value is -0.440. The van der Waals surface area contributed by atoms with Crippen molar-refractivity contribution in [3.8, 4) is 0 Å². The molecular weight excluding hydrogens is 136 g/mol. The lowest BCUT2D eigenvalue weighted by molar-refractivity contribution is -0.144. The summed E-state index contributed by atoms with van der Waals surface area (Å²) in [5.41, 5.74) is 0. The van der Waals surface area contributed by atoms with Gasteiger partial charge < -0.3 is 4.74 Å². The van der Waals surface area contributed by atoms with Crippen molar-refractivity contribution in [2.75, 3.05) is 0 Å². The van der Waals surface area contributed by atoms with Crippen LogP contribution in [0, 0.1) is 0 Å². The van der Waals surface area contributed by atoms with Crippen molar-refractivity contribution < 1.29 is 9.53 Å². The van der Waals surface area contributed by atoms with Crippen molar-refractivity contribution in [2.24, 2.45) is 0 Å². The Morgan fingerprint density at radius 3 is 2.78 bits per heavy atom. The second-order valence-corrected chi connectivity index (χ2v) is 1.84. The molecule has 0 N–H and O–H groups in total. The van der Waals surface area contributed by atoms with Gasteiger partial charge in [0, 0.05) is 6.42 Å². The Balaban J connectivity index is 3.46. The standard InChI is InChI=1S/C6H9O2S/c1-3-6(7)8-5(2)4-9/h5H,3H2,1-2H3. The maximum absolute atomic E-state index is 10.5. The molecule has 1 radical (unpaired) electrons. The lowest BCUT2D eigenvalue weighted by Gasteiger charge is -2.04. The Bertz CT molecular complexity index is 112. The van der Waals surface area contributed by atoms with E-state index in [2.05, 4.69) is 17.6 Å². The van der Waals surface area contributed by atoms with Crippen LogP contribution in [0.1, 0.15) is 20.3 Å². The van der Waals surface area contributed by atoms with E-state index in [1.165, 1.54) is 0 Å². The number of esters is 1. The topological polar surface area (TPSA) is 26.3 Å². The van der Waals surface area contributed by atoms with Gasteiger partial charge in [0.25, 0.3) is 0 Å². The molecule has 0 aliphatic rings. The van der Waals surface area contributed by atoms with Gasteiger partial charge in [0.2, 0.25) is 0 Å². The summed E-state index contributed by atoms with van der Waals surface area (Å²) >= 11 is 4.41. The summed E-state index contributed by atoms with van der Waals surface area (Å²) in [6.07, 6.45) is 0.0360. The van der Waals surface area contributed by atoms with Crippen LogP contribution in [0.25, 0.3) is 0 Å². The van der Waals surface area contributed by atoms with Crippen LogP contribution >= 0.6 is 12.2 Å². The van der Waals surface area contributed by atoms with E-state index in [0.29, 0.717) is 6.42 Å². The Labute approximate surface area is 60.2 Å². The zero-order chi connectivity index (χ0) is 7.28. The molecule has 1 atom stereocenters. The van der Waals surface area contributed by atoms with Gasteiger partial charge in [-0.05, 0) is 6.92 Å². The minimum absolute atomic E-state index is 0.236. The van der Waals surface area contributed by atoms with Gasteiger partial charge >= 0.3 is 5.97 Å². The number of ether oxygens (including phenoxy) is 1. The molecule has 1 unspecified atom stereocenters. The normalized spacial score (nSPS) is 12.2. The second-order valence-electron chi connectivity index (χ2n) is 1.60.